The summed E-state index contributed by atoms with van der Waals surface area (Å²) in [6.45, 7) is 0.900. The Kier molecular flexibility index (Phi) is 3.49. The van der Waals surface area contributed by atoms with Crippen LogP contribution in [0.3, 0.4) is 0 Å². The molecule has 1 aromatic carbocycles. The third-order valence-corrected chi connectivity index (χ3v) is 3.52. The van der Waals surface area contributed by atoms with Gasteiger partial charge in [0.15, 0.2) is 0 Å². The van der Waals surface area contributed by atoms with Crippen molar-refractivity contribution in [2.24, 2.45) is 0 Å². The molecule has 1 unspecified atom stereocenters. The molecule has 21 heavy (non-hydrogen) atoms. The molecule has 0 saturated carbocycles. The molecule has 1 atom stereocenters. The molecule has 7 heteroatoms. The van der Waals surface area contributed by atoms with E-state index < -0.39 is 11.0 Å². The number of hydrogen-bond acceptors (Lipinski definition) is 6. The number of nitrogens with one attached hydrogen (secondary N) is 2. The van der Waals surface area contributed by atoms with Gasteiger partial charge in [-0.3, -0.25) is 10.1 Å². The highest BCUT2D eigenvalue weighted by molar-refractivity contribution is 5.77. The minimum Gasteiger partial charge on any atom is -0.467 e. The summed E-state index contributed by atoms with van der Waals surface area (Å²) in [7, 11) is 0. The summed E-state index contributed by atoms with van der Waals surface area (Å²) in [5.74, 6) is 0.427. The number of fused-ring (bicyclic) bond motifs is 1. The van der Waals surface area contributed by atoms with Crippen molar-refractivity contribution in [3.8, 4) is 0 Å². The molecule has 1 aromatic heterocycles. The van der Waals surface area contributed by atoms with E-state index in [1.165, 1.54) is 12.3 Å². The average Bonchev–Trinajstić information content (AvgIpc) is 3.14. The smallest absolute Gasteiger partial charge is 0.292 e. The van der Waals surface area contributed by atoms with Crippen LogP contribution in [0.4, 0.5) is 17.1 Å². The Hall–Kier alpha value is -2.54. The van der Waals surface area contributed by atoms with E-state index in [1.54, 1.807) is 18.2 Å². The van der Waals surface area contributed by atoms with Crippen molar-refractivity contribution in [1.82, 2.24) is 0 Å². The third-order valence-electron chi connectivity index (χ3n) is 3.52. The van der Waals surface area contributed by atoms with Gasteiger partial charge in [-0.15, -0.1) is 0 Å². The average molecular weight is 289 g/mol. The van der Waals surface area contributed by atoms with E-state index in [9.17, 15) is 15.2 Å². The van der Waals surface area contributed by atoms with E-state index in [-0.39, 0.29) is 12.2 Å². The quantitative estimate of drug-likeness (QED) is 0.577. The molecule has 3 N–H and O–H groups in total. The van der Waals surface area contributed by atoms with Gasteiger partial charge < -0.3 is 20.2 Å². The van der Waals surface area contributed by atoms with E-state index >= 15 is 0 Å². The molecule has 2 aromatic rings. The monoisotopic (exact) mass is 289 g/mol. The summed E-state index contributed by atoms with van der Waals surface area (Å²) in [6.07, 6.45) is 1.34. The van der Waals surface area contributed by atoms with Crippen LogP contribution in [0.1, 0.15) is 17.4 Å². The fourth-order valence-corrected chi connectivity index (χ4v) is 2.51. The topological polar surface area (TPSA) is 101 Å². The zero-order valence-electron chi connectivity index (χ0n) is 11.2. The first-order valence-corrected chi connectivity index (χ1v) is 6.66. The van der Waals surface area contributed by atoms with E-state index in [2.05, 4.69) is 10.6 Å². The molecule has 0 amide bonds. The number of furan rings is 1. The van der Waals surface area contributed by atoms with Gasteiger partial charge in [0.2, 0.25) is 0 Å². The van der Waals surface area contributed by atoms with Crippen LogP contribution in [0.25, 0.3) is 0 Å². The molecule has 1 aliphatic heterocycles. The lowest BCUT2D eigenvalue weighted by atomic mass is 10.1. The van der Waals surface area contributed by atoms with Crippen molar-refractivity contribution in [2.75, 3.05) is 23.7 Å². The lowest BCUT2D eigenvalue weighted by molar-refractivity contribution is -0.384. The molecular formula is C14H15N3O4. The predicted octanol–water partition coefficient (Wildman–Crippen LogP) is 2.30. The Bertz CT molecular complexity index is 654. The molecular weight excluding hydrogens is 274 g/mol. The molecule has 0 saturated heterocycles. The van der Waals surface area contributed by atoms with E-state index in [1.807, 2.05) is 0 Å². The van der Waals surface area contributed by atoms with E-state index in [0.29, 0.717) is 11.4 Å². The van der Waals surface area contributed by atoms with Crippen molar-refractivity contribution in [3.63, 3.8) is 0 Å². The Morgan fingerprint density at radius 1 is 1.48 bits per heavy atom. The van der Waals surface area contributed by atoms with Crippen molar-refractivity contribution in [1.29, 1.82) is 0 Å². The van der Waals surface area contributed by atoms with Gasteiger partial charge in [-0.2, -0.15) is 0 Å². The third kappa shape index (κ3) is 2.55. The maximum atomic E-state index is 11.2. The molecule has 0 aliphatic carbocycles. The van der Waals surface area contributed by atoms with Crippen LogP contribution in [-0.2, 0) is 6.42 Å². The maximum Gasteiger partial charge on any atom is 0.292 e. The number of nitrogens with zero attached hydrogens (tertiary/aromatic N) is 1. The van der Waals surface area contributed by atoms with Crippen molar-refractivity contribution in [3.05, 3.63) is 52.0 Å². The number of aliphatic hydroxyl groups excluding tert-OH is 1. The van der Waals surface area contributed by atoms with E-state index in [4.69, 9.17) is 4.42 Å². The first kappa shape index (κ1) is 13.4. The van der Waals surface area contributed by atoms with Gasteiger partial charge in [0.05, 0.1) is 11.2 Å². The lowest BCUT2D eigenvalue weighted by Gasteiger charge is -2.14. The molecule has 0 bridgehead atoms. The summed E-state index contributed by atoms with van der Waals surface area (Å²) in [5, 5.41) is 27.3. The Morgan fingerprint density at radius 3 is 3.05 bits per heavy atom. The number of benzene rings is 1. The summed E-state index contributed by atoms with van der Waals surface area (Å²) in [4.78, 5) is 10.7. The Balaban J connectivity index is 1.84. The van der Waals surface area contributed by atoms with Gasteiger partial charge in [-0.1, -0.05) is 0 Å². The van der Waals surface area contributed by atoms with Gasteiger partial charge in [0.1, 0.15) is 17.6 Å². The van der Waals surface area contributed by atoms with Gasteiger partial charge in [-0.05, 0) is 24.6 Å². The second-order valence-corrected chi connectivity index (χ2v) is 4.83. The molecule has 0 spiro atoms. The highest BCUT2D eigenvalue weighted by Crippen LogP contribution is 2.37. The second kappa shape index (κ2) is 5.45. The largest absolute Gasteiger partial charge is 0.467 e. The summed E-state index contributed by atoms with van der Waals surface area (Å²) < 4.78 is 5.12. The van der Waals surface area contributed by atoms with Crippen molar-refractivity contribution < 1.29 is 14.4 Å². The number of nitro benzene ring substituents is 1. The minimum absolute atomic E-state index is 0.0177. The maximum absolute atomic E-state index is 11.2. The summed E-state index contributed by atoms with van der Waals surface area (Å²) >= 11 is 0. The molecule has 0 fully saturated rings. The number of aliphatic hydroxyl groups is 1. The number of nitro groups is 1. The molecule has 110 valence electrons. The zero-order valence-corrected chi connectivity index (χ0v) is 11.2. The van der Waals surface area contributed by atoms with Crippen LogP contribution in [0.5, 0.6) is 0 Å². The molecule has 7 nitrogen and oxygen atoms in total. The summed E-state index contributed by atoms with van der Waals surface area (Å²) in [6, 6.07) is 6.54. The van der Waals surface area contributed by atoms with Crippen LogP contribution in [0.15, 0.2) is 34.9 Å². The number of hydrogen-bond donors (Lipinski definition) is 3. The van der Waals surface area contributed by atoms with Gasteiger partial charge in [0, 0.05) is 30.4 Å². The van der Waals surface area contributed by atoms with Crippen molar-refractivity contribution in [2.45, 2.75) is 12.5 Å². The molecule has 0 radical (unpaired) electrons. The highest BCUT2D eigenvalue weighted by Gasteiger charge is 2.24. The molecule has 2 heterocycles. The lowest BCUT2D eigenvalue weighted by Crippen LogP contribution is -2.13. The SMILES string of the molecule is O=[N+]([O-])c1ccc2c(c1NCC(O)c1ccco1)CCN2. The summed E-state index contributed by atoms with van der Waals surface area (Å²) in [5.41, 5.74) is 2.27. The fourth-order valence-electron chi connectivity index (χ4n) is 2.51. The predicted molar refractivity (Wildman–Crippen MR) is 77.4 cm³/mol. The number of anilines is 2. The van der Waals surface area contributed by atoms with E-state index in [0.717, 1.165) is 24.2 Å². The van der Waals surface area contributed by atoms with Crippen LogP contribution in [-0.4, -0.2) is 23.1 Å². The standard InChI is InChI=1S/C14H15N3O4/c18-12(13-2-1-7-21-13)8-16-14-9-5-6-15-10(9)3-4-11(14)17(19)20/h1-4,7,12,15-16,18H,5-6,8H2. The van der Waals surface area contributed by atoms with Gasteiger partial charge in [-0.25, -0.2) is 0 Å². The van der Waals surface area contributed by atoms with Crippen LogP contribution >= 0.6 is 0 Å². The number of rotatable bonds is 5. The molecule has 1 aliphatic rings. The highest BCUT2D eigenvalue weighted by atomic mass is 16.6. The zero-order chi connectivity index (χ0) is 14.8. The van der Waals surface area contributed by atoms with Crippen LogP contribution < -0.4 is 10.6 Å². The van der Waals surface area contributed by atoms with Crippen molar-refractivity contribution >= 4 is 17.1 Å². The second-order valence-electron chi connectivity index (χ2n) is 4.83. The first-order valence-electron chi connectivity index (χ1n) is 6.66. The van der Waals surface area contributed by atoms with Gasteiger partial charge >= 0.3 is 0 Å². The minimum atomic E-state index is -0.857. The van der Waals surface area contributed by atoms with Gasteiger partial charge in [0.25, 0.3) is 5.69 Å². The molecule has 3 rings (SSSR count). The Labute approximate surface area is 120 Å². The Morgan fingerprint density at radius 2 is 2.33 bits per heavy atom. The fraction of sp³-hybridized carbons (Fsp3) is 0.286. The van der Waals surface area contributed by atoms with Crippen LogP contribution in [0, 0.1) is 10.1 Å². The normalized spacial score (nSPS) is 14.3. The van der Waals surface area contributed by atoms with Crippen LogP contribution in [0.2, 0.25) is 0 Å². The first-order chi connectivity index (χ1) is 10.2.